The third kappa shape index (κ3) is 3.31. The van der Waals surface area contributed by atoms with E-state index in [1.165, 1.54) is 6.07 Å². The molecule has 0 radical (unpaired) electrons. The van der Waals surface area contributed by atoms with E-state index in [-0.39, 0.29) is 16.8 Å². The number of carbonyl (C=O) groups excluding carboxylic acids is 1. The molecule has 0 aliphatic carbocycles. The van der Waals surface area contributed by atoms with Crippen LogP contribution in [0.3, 0.4) is 0 Å². The van der Waals surface area contributed by atoms with Crippen molar-refractivity contribution in [1.82, 2.24) is 5.32 Å². The molecule has 1 saturated heterocycles. The summed E-state index contributed by atoms with van der Waals surface area (Å²) in [5.41, 5.74) is 0.993. The summed E-state index contributed by atoms with van der Waals surface area (Å²) in [5, 5.41) is 10.9. The van der Waals surface area contributed by atoms with Crippen molar-refractivity contribution in [2.75, 3.05) is 11.9 Å². The predicted octanol–water partition coefficient (Wildman–Crippen LogP) is 0.333. The van der Waals surface area contributed by atoms with Crippen LogP contribution in [0.4, 0.5) is 5.69 Å². The van der Waals surface area contributed by atoms with Crippen molar-refractivity contribution in [3.8, 4) is 0 Å². The van der Waals surface area contributed by atoms with E-state index in [9.17, 15) is 13.2 Å². The lowest BCUT2D eigenvalue weighted by Gasteiger charge is -2.12. The molecule has 0 bridgehead atoms. The van der Waals surface area contributed by atoms with Crippen LogP contribution < -0.4 is 15.8 Å². The highest BCUT2D eigenvalue weighted by Crippen LogP contribution is 2.19. The number of carbonyl (C=O) groups is 1. The first-order valence-corrected chi connectivity index (χ1v) is 7.60. The number of nitrogens with one attached hydrogen (secondary N) is 2. The largest absolute Gasteiger partial charge is 0.325 e. The van der Waals surface area contributed by atoms with Gasteiger partial charge in [0.25, 0.3) is 0 Å². The Morgan fingerprint density at radius 1 is 1.47 bits per heavy atom. The van der Waals surface area contributed by atoms with Crippen LogP contribution in [-0.2, 0) is 14.8 Å². The van der Waals surface area contributed by atoms with Crippen molar-refractivity contribution in [2.24, 2.45) is 5.14 Å². The fourth-order valence-corrected chi connectivity index (χ4v) is 2.93. The maximum absolute atomic E-state index is 11.9. The Morgan fingerprint density at radius 2 is 2.21 bits per heavy atom. The lowest BCUT2D eigenvalue weighted by Crippen LogP contribution is -2.35. The van der Waals surface area contributed by atoms with Crippen LogP contribution in [0.1, 0.15) is 18.4 Å². The van der Waals surface area contributed by atoms with E-state index in [2.05, 4.69) is 10.6 Å². The van der Waals surface area contributed by atoms with E-state index in [4.69, 9.17) is 5.14 Å². The number of nitrogens with two attached hydrogens (primary N) is 1. The van der Waals surface area contributed by atoms with Crippen LogP contribution in [-0.4, -0.2) is 26.9 Å². The van der Waals surface area contributed by atoms with E-state index in [0.717, 1.165) is 19.4 Å². The zero-order valence-electron chi connectivity index (χ0n) is 10.6. The van der Waals surface area contributed by atoms with Crippen molar-refractivity contribution < 1.29 is 13.2 Å². The fraction of sp³-hybridized carbons (Fsp3) is 0.417. The van der Waals surface area contributed by atoms with E-state index in [0.29, 0.717) is 11.3 Å². The van der Waals surface area contributed by atoms with Gasteiger partial charge in [-0.25, -0.2) is 13.6 Å². The molecule has 104 valence electrons. The molecule has 0 unspecified atom stereocenters. The zero-order chi connectivity index (χ0) is 14.0. The number of sulfonamides is 1. The second kappa shape index (κ2) is 5.28. The van der Waals surface area contributed by atoms with Crippen LogP contribution in [0.5, 0.6) is 0 Å². The van der Waals surface area contributed by atoms with Gasteiger partial charge in [-0.15, -0.1) is 0 Å². The second-order valence-electron chi connectivity index (χ2n) is 4.66. The SMILES string of the molecule is Cc1ccc(NC(=O)[C@H]2CCCN2)cc1S(N)(=O)=O. The van der Waals surface area contributed by atoms with Crippen molar-refractivity contribution >= 4 is 21.6 Å². The Kier molecular flexibility index (Phi) is 3.88. The normalized spacial score (nSPS) is 19.4. The Balaban J connectivity index is 2.19. The average Bonchev–Trinajstić information content (AvgIpc) is 2.83. The predicted molar refractivity (Wildman–Crippen MR) is 72.2 cm³/mol. The quantitative estimate of drug-likeness (QED) is 0.744. The lowest BCUT2D eigenvalue weighted by molar-refractivity contribution is -0.117. The highest BCUT2D eigenvalue weighted by molar-refractivity contribution is 7.89. The molecule has 1 amide bonds. The molecule has 2 rings (SSSR count). The van der Waals surface area contributed by atoms with E-state index in [1.54, 1.807) is 19.1 Å². The van der Waals surface area contributed by atoms with Crippen LogP contribution in [0.15, 0.2) is 23.1 Å². The van der Waals surface area contributed by atoms with Crippen LogP contribution in [0.25, 0.3) is 0 Å². The number of benzene rings is 1. The minimum Gasteiger partial charge on any atom is -0.325 e. The van der Waals surface area contributed by atoms with Gasteiger partial charge in [0.15, 0.2) is 0 Å². The number of primary sulfonamides is 1. The van der Waals surface area contributed by atoms with Crippen molar-refractivity contribution in [1.29, 1.82) is 0 Å². The van der Waals surface area contributed by atoms with E-state index < -0.39 is 10.0 Å². The number of amides is 1. The summed E-state index contributed by atoms with van der Waals surface area (Å²) >= 11 is 0. The van der Waals surface area contributed by atoms with Crippen molar-refractivity contribution in [2.45, 2.75) is 30.7 Å². The summed E-state index contributed by atoms with van der Waals surface area (Å²) in [7, 11) is -3.78. The number of rotatable bonds is 3. The Hall–Kier alpha value is -1.44. The first-order chi connectivity index (χ1) is 8.88. The summed E-state index contributed by atoms with van der Waals surface area (Å²) in [5.74, 6) is -0.151. The van der Waals surface area contributed by atoms with Crippen LogP contribution >= 0.6 is 0 Å². The minimum atomic E-state index is -3.78. The van der Waals surface area contributed by atoms with Gasteiger partial charge in [0.1, 0.15) is 0 Å². The average molecular weight is 283 g/mol. The van der Waals surface area contributed by atoms with Crippen molar-refractivity contribution in [3.63, 3.8) is 0 Å². The molecule has 1 aliphatic heterocycles. The van der Waals surface area contributed by atoms with Gasteiger partial charge >= 0.3 is 0 Å². The second-order valence-corrected chi connectivity index (χ2v) is 6.19. The third-order valence-electron chi connectivity index (χ3n) is 3.14. The molecular weight excluding hydrogens is 266 g/mol. The van der Waals surface area contributed by atoms with Gasteiger partial charge in [0.2, 0.25) is 15.9 Å². The molecule has 1 atom stereocenters. The molecule has 7 heteroatoms. The first kappa shape index (κ1) is 14.0. The van der Waals surface area contributed by atoms with Gasteiger partial charge in [0.05, 0.1) is 10.9 Å². The highest BCUT2D eigenvalue weighted by atomic mass is 32.2. The number of anilines is 1. The Labute approximate surface area is 112 Å². The maximum Gasteiger partial charge on any atom is 0.241 e. The number of hydrogen-bond donors (Lipinski definition) is 3. The van der Waals surface area contributed by atoms with Gasteiger partial charge in [-0.3, -0.25) is 4.79 Å². The van der Waals surface area contributed by atoms with E-state index >= 15 is 0 Å². The molecule has 1 fully saturated rings. The molecule has 1 heterocycles. The third-order valence-corrected chi connectivity index (χ3v) is 4.19. The molecule has 4 N–H and O–H groups in total. The molecule has 6 nitrogen and oxygen atoms in total. The molecule has 0 saturated carbocycles. The topological polar surface area (TPSA) is 101 Å². The standard InChI is InChI=1S/C12H17N3O3S/c1-8-4-5-9(7-11(8)19(13,17)18)15-12(16)10-3-2-6-14-10/h4-5,7,10,14H,2-3,6H2,1H3,(H,15,16)(H2,13,17,18)/t10-/m1/s1. The smallest absolute Gasteiger partial charge is 0.241 e. The van der Waals surface area contributed by atoms with Gasteiger partial charge in [-0.05, 0) is 44.0 Å². The fourth-order valence-electron chi connectivity index (χ4n) is 2.12. The number of aryl methyl sites for hydroxylation is 1. The van der Waals surface area contributed by atoms with Crippen LogP contribution in [0, 0.1) is 6.92 Å². The Bertz CT molecular complexity index is 592. The Morgan fingerprint density at radius 3 is 2.79 bits per heavy atom. The van der Waals surface area contributed by atoms with Gasteiger partial charge in [0, 0.05) is 5.69 Å². The summed E-state index contributed by atoms with van der Waals surface area (Å²) in [6.45, 7) is 2.48. The monoisotopic (exact) mass is 283 g/mol. The van der Waals surface area contributed by atoms with Crippen molar-refractivity contribution in [3.05, 3.63) is 23.8 Å². The molecule has 19 heavy (non-hydrogen) atoms. The van der Waals surface area contributed by atoms with Crippen LogP contribution in [0.2, 0.25) is 0 Å². The minimum absolute atomic E-state index is 0.0321. The van der Waals surface area contributed by atoms with Gasteiger partial charge < -0.3 is 10.6 Å². The molecule has 1 aromatic carbocycles. The van der Waals surface area contributed by atoms with E-state index in [1.807, 2.05) is 0 Å². The molecule has 0 spiro atoms. The highest BCUT2D eigenvalue weighted by Gasteiger charge is 2.22. The number of hydrogen-bond acceptors (Lipinski definition) is 4. The molecule has 1 aliphatic rings. The summed E-state index contributed by atoms with van der Waals surface area (Å²) < 4.78 is 22.8. The maximum atomic E-state index is 11.9. The molecule has 1 aromatic rings. The lowest BCUT2D eigenvalue weighted by atomic mass is 10.2. The first-order valence-electron chi connectivity index (χ1n) is 6.05. The van der Waals surface area contributed by atoms with Gasteiger partial charge in [-0.2, -0.15) is 0 Å². The summed E-state index contributed by atoms with van der Waals surface area (Å²) in [6, 6.07) is 4.46. The zero-order valence-corrected chi connectivity index (χ0v) is 11.5. The summed E-state index contributed by atoms with van der Waals surface area (Å²) in [6.07, 6.45) is 1.76. The van der Waals surface area contributed by atoms with Gasteiger partial charge in [-0.1, -0.05) is 6.07 Å². The molecule has 0 aromatic heterocycles. The molecular formula is C12H17N3O3S. The summed E-state index contributed by atoms with van der Waals surface area (Å²) in [4.78, 5) is 11.9.